The first-order chi connectivity index (χ1) is 9.81. The monoisotopic (exact) mass is 357 g/mol. The van der Waals surface area contributed by atoms with Crippen LogP contribution in [0.4, 0.5) is 8.78 Å². The van der Waals surface area contributed by atoms with Crippen molar-refractivity contribution in [3.05, 3.63) is 41.2 Å². The molecular formula is C15H14BrF2NO2. The second-order valence-corrected chi connectivity index (χ2v) is 6.87. The number of carbonyl (C=O) groups is 1. The molecule has 2 aliphatic carbocycles. The number of alkyl halides is 2. The number of allylic oxidation sites excluding steroid dienone is 1. The van der Waals surface area contributed by atoms with Crippen LogP contribution in [-0.4, -0.2) is 27.6 Å². The molecule has 0 heterocycles. The minimum absolute atomic E-state index is 0.0657. The van der Waals surface area contributed by atoms with Crippen molar-refractivity contribution in [2.24, 2.45) is 5.73 Å². The minimum atomic E-state index is -1.91. The molecule has 1 aromatic rings. The highest BCUT2D eigenvalue weighted by Crippen LogP contribution is 2.52. The number of benzene rings is 1. The molecular weight excluding hydrogens is 344 g/mol. The van der Waals surface area contributed by atoms with Crippen molar-refractivity contribution in [2.75, 3.05) is 0 Å². The van der Waals surface area contributed by atoms with E-state index in [-0.39, 0.29) is 23.5 Å². The van der Waals surface area contributed by atoms with Crippen LogP contribution in [0.25, 0.3) is 6.08 Å². The van der Waals surface area contributed by atoms with E-state index in [2.05, 4.69) is 15.9 Å². The number of carboxylic acid groups (broad SMARTS) is 1. The van der Waals surface area contributed by atoms with Crippen LogP contribution >= 0.6 is 15.9 Å². The summed E-state index contributed by atoms with van der Waals surface area (Å²) in [5, 5.41) is 9.19. The Labute approximate surface area is 129 Å². The van der Waals surface area contributed by atoms with E-state index in [1.165, 1.54) is 6.07 Å². The lowest BCUT2D eigenvalue weighted by Crippen LogP contribution is -2.63. The van der Waals surface area contributed by atoms with Gasteiger partial charge >= 0.3 is 5.97 Å². The van der Waals surface area contributed by atoms with Crippen molar-refractivity contribution < 1.29 is 18.7 Å². The summed E-state index contributed by atoms with van der Waals surface area (Å²) < 4.78 is 28.3. The zero-order valence-corrected chi connectivity index (χ0v) is 12.6. The van der Waals surface area contributed by atoms with Gasteiger partial charge in [0, 0.05) is 15.8 Å². The zero-order valence-electron chi connectivity index (χ0n) is 11.0. The van der Waals surface area contributed by atoms with Crippen LogP contribution in [0.2, 0.25) is 0 Å². The zero-order chi connectivity index (χ0) is 15.4. The smallest absolute Gasteiger partial charge is 0.326 e. The second kappa shape index (κ2) is 4.61. The Balaban J connectivity index is 2.06. The molecule has 1 aromatic carbocycles. The SMILES string of the molecule is NC1(C(=O)O)CC(Br)C2(C=Cc3c(F)cccc32)CC1F. The molecule has 4 unspecified atom stereocenters. The lowest BCUT2D eigenvalue weighted by molar-refractivity contribution is -0.148. The van der Waals surface area contributed by atoms with E-state index in [1.54, 1.807) is 24.3 Å². The van der Waals surface area contributed by atoms with Crippen LogP contribution in [0.3, 0.4) is 0 Å². The standard InChI is InChI=1S/C15H14BrF2NO2/c16-11-6-15(19,13(20)21)12(18)7-14(11)5-4-8-9(14)2-1-3-10(8)17/h1-5,11-12H,6-7,19H2,(H,20,21). The Hall–Kier alpha value is -1.27. The quantitative estimate of drug-likeness (QED) is 0.759. The molecule has 0 radical (unpaired) electrons. The molecule has 0 aliphatic heterocycles. The number of nitrogens with two attached hydrogens (primary N) is 1. The van der Waals surface area contributed by atoms with E-state index in [9.17, 15) is 18.7 Å². The molecule has 6 heteroatoms. The van der Waals surface area contributed by atoms with Gasteiger partial charge in [0.2, 0.25) is 0 Å². The number of carboxylic acids is 1. The maximum atomic E-state index is 14.5. The molecule has 1 saturated carbocycles. The van der Waals surface area contributed by atoms with Crippen molar-refractivity contribution in [2.45, 2.75) is 34.8 Å². The number of hydrogen-bond acceptors (Lipinski definition) is 2. The maximum Gasteiger partial charge on any atom is 0.326 e. The van der Waals surface area contributed by atoms with Crippen LogP contribution in [0.5, 0.6) is 0 Å². The first-order valence-corrected chi connectivity index (χ1v) is 7.51. The van der Waals surface area contributed by atoms with Crippen LogP contribution in [0.1, 0.15) is 24.0 Å². The van der Waals surface area contributed by atoms with Gasteiger partial charge in [-0.05, 0) is 24.5 Å². The summed E-state index contributed by atoms with van der Waals surface area (Å²) in [7, 11) is 0. The van der Waals surface area contributed by atoms with Crippen molar-refractivity contribution >= 4 is 28.0 Å². The highest BCUT2D eigenvalue weighted by molar-refractivity contribution is 9.09. The first kappa shape index (κ1) is 14.7. The van der Waals surface area contributed by atoms with Crippen LogP contribution < -0.4 is 5.73 Å². The Morgan fingerprint density at radius 3 is 2.81 bits per heavy atom. The van der Waals surface area contributed by atoms with E-state index in [1.807, 2.05) is 0 Å². The number of aliphatic carboxylic acids is 1. The lowest BCUT2D eigenvalue weighted by atomic mass is 9.64. The molecule has 1 spiro atoms. The average Bonchev–Trinajstić information content (AvgIpc) is 2.78. The Morgan fingerprint density at radius 1 is 1.43 bits per heavy atom. The molecule has 4 atom stereocenters. The van der Waals surface area contributed by atoms with Gasteiger partial charge in [-0.1, -0.05) is 40.2 Å². The fourth-order valence-electron chi connectivity index (χ4n) is 3.32. The number of hydrogen-bond donors (Lipinski definition) is 2. The fraction of sp³-hybridized carbons (Fsp3) is 0.400. The molecule has 2 aliphatic rings. The Morgan fingerprint density at radius 2 is 2.14 bits per heavy atom. The van der Waals surface area contributed by atoms with Gasteiger partial charge in [0.25, 0.3) is 0 Å². The largest absolute Gasteiger partial charge is 0.480 e. The lowest BCUT2D eigenvalue weighted by Gasteiger charge is -2.46. The summed E-state index contributed by atoms with van der Waals surface area (Å²) in [5.41, 5.74) is 4.18. The third-order valence-corrected chi connectivity index (χ3v) is 5.79. The molecule has 3 N–H and O–H groups in total. The van der Waals surface area contributed by atoms with Gasteiger partial charge in [-0.15, -0.1) is 0 Å². The Kier molecular flexibility index (Phi) is 3.22. The van der Waals surface area contributed by atoms with Crippen molar-refractivity contribution in [3.63, 3.8) is 0 Å². The molecule has 112 valence electrons. The summed E-state index contributed by atoms with van der Waals surface area (Å²) in [5.74, 6) is -1.71. The maximum absolute atomic E-state index is 14.5. The minimum Gasteiger partial charge on any atom is -0.480 e. The molecule has 0 bridgehead atoms. The average molecular weight is 358 g/mol. The van der Waals surface area contributed by atoms with Gasteiger partial charge in [0.15, 0.2) is 0 Å². The van der Waals surface area contributed by atoms with E-state index >= 15 is 0 Å². The van der Waals surface area contributed by atoms with Gasteiger partial charge in [0.05, 0.1) is 0 Å². The second-order valence-electron chi connectivity index (χ2n) is 5.76. The van der Waals surface area contributed by atoms with E-state index in [0.717, 1.165) is 0 Å². The third kappa shape index (κ3) is 1.89. The van der Waals surface area contributed by atoms with Crippen LogP contribution in [0, 0.1) is 5.82 Å². The summed E-state index contributed by atoms with van der Waals surface area (Å²) in [4.78, 5) is 10.9. The predicted octanol–water partition coefficient (Wildman–Crippen LogP) is 2.77. The van der Waals surface area contributed by atoms with Crippen LogP contribution in [-0.2, 0) is 10.2 Å². The van der Waals surface area contributed by atoms with Crippen molar-refractivity contribution in [1.29, 1.82) is 0 Å². The van der Waals surface area contributed by atoms with Crippen molar-refractivity contribution in [3.8, 4) is 0 Å². The highest BCUT2D eigenvalue weighted by Gasteiger charge is 2.57. The first-order valence-electron chi connectivity index (χ1n) is 6.60. The van der Waals surface area contributed by atoms with Gasteiger partial charge in [-0.3, -0.25) is 4.79 Å². The molecule has 0 aromatic heterocycles. The van der Waals surface area contributed by atoms with Gasteiger partial charge < -0.3 is 10.8 Å². The van der Waals surface area contributed by atoms with Gasteiger partial charge in [0.1, 0.15) is 17.5 Å². The normalized spacial score (nSPS) is 37.7. The summed E-state index contributed by atoms with van der Waals surface area (Å²) in [6, 6.07) is 4.69. The highest BCUT2D eigenvalue weighted by atomic mass is 79.9. The van der Waals surface area contributed by atoms with Gasteiger partial charge in [-0.25, -0.2) is 8.78 Å². The number of fused-ring (bicyclic) bond motifs is 2. The van der Waals surface area contributed by atoms with E-state index in [0.29, 0.717) is 11.1 Å². The van der Waals surface area contributed by atoms with Gasteiger partial charge in [-0.2, -0.15) is 0 Å². The molecule has 3 rings (SSSR count). The fourth-order valence-corrected chi connectivity index (χ4v) is 4.44. The summed E-state index contributed by atoms with van der Waals surface area (Å²) >= 11 is 3.45. The summed E-state index contributed by atoms with van der Waals surface area (Å²) in [6.07, 6.45) is 1.54. The van der Waals surface area contributed by atoms with Crippen LogP contribution in [0.15, 0.2) is 24.3 Å². The van der Waals surface area contributed by atoms with E-state index in [4.69, 9.17) is 5.73 Å². The third-order valence-electron chi connectivity index (χ3n) is 4.65. The molecule has 0 saturated heterocycles. The molecule has 3 nitrogen and oxygen atoms in total. The predicted molar refractivity (Wildman–Crippen MR) is 78.5 cm³/mol. The van der Waals surface area contributed by atoms with E-state index < -0.39 is 23.1 Å². The number of halogens is 3. The number of rotatable bonds is 1. The molecule has 1 fully saturated rings. The topological polar surface area (TPSA) is 63.3 Å². The molecule has 21 heavy (non-hydrogen) atoms. The summed E-state index contributed by atoms with van der Waals surface area (Å²) in [6.45, 7) is 0. The van der Waals surface area contributed by atoms with Crippen molar-refractivity contribution in [1.82, 2.24) is 0 Å². The molecule has 0 amide bonds. The Bertz CT molecular complexity index is 651.